The van der Waals surface area contributed by atoms with E-state index in [0.29, 0.717) is 0 Å². The van der Waals surface area contributed by atoms with E-state index in [1.54, 1.807) is 25.1 Å². The number of nitrogens with two attached hydrogens (primary N) is 1. The molecule has 0 spiro atoms. The van der Waals surface area contributed by atoms with Gasteiger partial charge in [0.1, 0.15) is 0 Å². The molecule has 4 N–H and O–H groups in total. The Labute approximate surface area is 126 Å². The van der Waals surface area contributed by atoms with E-state index in [1.165, 1.54) is 6.07 Å². The summed E-state index contributed by atoms with van der Waals surface area (Å²) in [7, 11) is -3.63. The van der Waals surface area contributed by atoms with Gasteiger partial charge in [0.15, 0.2) is 0 Å². The summed E-state index contributed by atoms with van der Waals surface area (Å²) >= 11 is 0. The lowest BCUT2D eigenvalue weighted by molar-refractivity contribution is -0.121. The van der Waals surface area contributed by atoms with Crippen molar-refractivity contribution in [1.29, 1.82) is 0 Å². The number of amides is 1. The third-order valence-corrected chi connectivity index (χ3v) is 4.25. The number of nitrogens with one attached hydrogen (secondary N) is 2. The van der Waals surface area contributed by atoms with Crippen molar-refractivity contribution < 1.29 is 13.2 Å². The summed E-state index contributed by atoms with van der Waals surface area (Å²) in [5.74, 6) is -0.183. The molecule has 0 saturated heterocycles. The molecule has 0 radical (unpaired) electrons. The summed E-state index contributed by atoms with van der Waals surface area (Å²) in [6.07, 6.45) is 0.102. The SMILES string of the molecule is CC(C)NC(=O)CCNS(=O)(=O)c1cccc(C(C)N)c1. The highest BCUT2D eigenvalue weighted by Crippen LogP contribution is 2.15. The Morgan fingerprint density at radius 2 is 1.95 bits per heavy atom. The molecule has 0 aliphatic heterocycles. The maximum absolute atomic E-state index is 12.1. The van der Waals surface area contributed by atoms with Crippen molar-refractivity contribution in [3.63, 3.8) is 0 Å². The second-order valence-corrected chi connectivity index (χ2v) is 7.00. The van der Waals surface area contributed by atoms with Gasteiger partial charge in [0, 0.05) is 25.0 Å². The van der Waals surface area contributed by atoms with Crippen molar-refractivity contribution in [1.82, 2.24) is 10.0 Å². The number of benzene rings is 1. The van der Waals surface area contributed by atoms with Gasteiger partial charge in [-0.1, -0.05) is 12.1 Å². The minimum atomic E-state index is -3.63. The normalized spacial score (nSPS) is 13.2. The number of hydrogen-bond acceptors (Lipinski definition) is 4. The third-order valence-electron chi connectivity index (χ3n) is 2.79. The molecule has 0 aliphatic carbocycles. The molecule has 0 heterocycles. The van der Waals surface area contributed by atoms with Crippen molar-refractivity contribution in [2.24, 2.45) is 5.73 Å². The van der Waals surface area contributed by atoms with Gasteiger partial charge in [-0.2, -0.15) is 0 Å². The summed E-state index contributed by atoms with van der Waals surface area (Å²) in [6.45, 7) is 5.54. The van der Waals surface area contributed by atoms with E-state index in [1.807, 2.05) is 13.8 Å². The Hall–Kier alpha value is -1.44. The number of hydrogen-bond donors (Lipinski definition) is 3. The van der Waals surface area contributed by atoms with Gasteiger partial charge < -0.3 is 11.1 Å². The molecule has 1 aromatic rings. The summed E-state index contributed by atoms with van der Waals surface area (Å²) in [5.41, 5.74) is 6.49. The Morgan fingerprint density at radius 1 is 1.29 bits per heavy atom. The van der Waals surface area contributed by atoms with E-state index in [9.17, 15) is 13.2 Å². The summed E-state index contributed by atoms with van der Waals surface area (Å²) in [5, 5.41) is 2.70. The van der Waals surface area contributed by atoms with E-state index < -0.39 is 10.0 Å². The molecule has 6 nitrogen and oxygen atoms in total. The summed E-state index contributed by atoms with van der Waals surface area (Å²) in [4.78, 5) is 11.6. The van der Waals surface area contributed by atoms with Crippen molar-refractivity contribution >= 4 is 15.9 Å². The fourth-order valence-corrected chi connectivity index (χ4v) is 2.83. The van der Waals surface area contributed by atoms with Crippen LogP contribution >= 0.6 is 0 Å². The van der Waals surface area contributed by atoms with Crippen molar-refractivity contribution in [3.05, 3.63) is 29.8 Å². The fraction of sp³-hybridized carbons (Fsp3) is 0.500. The zero-order valence-electron chi connectivity index (χ0n) is 12.6. The van der Waals surface area contributed by atoms with Crippen LogP contribution in [0.2, 0.25) is 0 Å². The lowest BCUT2D eigenvalue weighted by atomic mass is 10.1. The lowest BCUT2D eigenvalue weighted by Crippen LogP contribution is -2.34. The van der Waals surface area contributed by atoms with Crippen LogP contribution < -0.4 is 15.8 Å². The van der Waals surface area contributed by atoms with Crippen LogP contribution in [0.25, 0.3) is 0 Å². The molecular weight excluding hydrogens is 290 g/mol. The van der Waals surface area contributed by atoms with Crippen LogP contribution in [0.3, 0.4) is 0 Å². The number of carbonyl (C=O) groups excluding carboxylic acids is 1. The molecule has 1 amide bonds. The minimum absolute atomic E-state index is 0.0387. The van der Waals surface area contributed by atoms with Gasteiger partial charge in [-0.3, -0.25) is 4.79 Å². The quantitative estimate of drug-likeness (QED) is 0.696. The Balaban J connectivity index is 2.66. The average Bonchev–Trinajstić information content (AvgIpc) is 2.37. The predicted octanol–water partition coefficient (Wildman–Crippen LogP) is 0.899. The minimum Gasteiger partial charge on any atom is -0.354 e. The van der Waals surface area contributed by atoms with Gasteiger partial charge in [-0.25, -0.2) is 13.1 Å². The third kappa shape index (κ3) is 5.82. The van der Waals surface area contributed by atoms with Crippen LogP contribution in [-0.4, -0.2) is 26.9 Å². The van der Waals surface area contributed by atoms with Gasteiger partial charge in [-0.05, 0) is 38.5 Å². The van der Waals surface area contributed by atoms with Crippen LogP contribution in [0.15, 0.2) is 29.2 Å². The lowest BCUT2D eigenvalue weighted by Gasteiger charge is -2.11. The molecule has 1 atom stereocenters. The highest BCUT2D eigenvalue weighted by molar-refractivity contribution is 7.89. The van der Waals surface area contributed by atoms with Crippen LogP contribution in [0, 0.1) is 0 Å². The second kappa shape index (κ2) is 7.53. The molecule has 7 heteroatoms. The Morgan fingerprint density at radius 3 is 2.52 bits per heavy atom. The molecular formula is C14H23N3O3S. The van der Waals surface area contributed by atoms with Crippen LogP contribution in [-0.2, 0) is 14.8 Å². The molecule has 0 aliphatic rings. The zero-order chi connectivity index (χ0) is 16.0. The monoisotopic (exact) mass is 313 g/mol. The Kier molecular flexibility index (Phi) is 6.32. The maximum Gasteiger partial charge on any atom is 0.240 e. The Bertz CT molecular complexity index is 583. The highest BCUT2D eigenvalue weighted by atomic mass is 32.2. The number of sulfonamides is 1. The molecule has 1 unspecified atom stereocenters. The van der Waals surface area contributed by atoms with Gasteiger partial charge in [0.2, 0.25) is 15.9 Å². The molecule has 0 aromatic heterocycles. The standard InChI is InChI=1S/C14H23N3O3S/c1-10(2)17-14(18)7-8-16-21(19,20)13-6-4-5-12(9-13)11(3)15/h4-6,9-11,16H,7-8,15H2,1-3H3,(H,17,18). The average molecular weight is 313 g/mol. The van der Waals surface area contributed by atoms with Gasteiger partial charge in [0.25, 0.3) is 0 Å². The van der Waals surface area contributed by atoms with Crippen LogP contribution in [0.1, 0.15) is 38.8 Å². The zero-order valence-corrected chi connectivity index (χ0v) is 13.4. The summed E-state index contributed by atoms with van der Waals surface area (Å²) < 4.78 is 26.7. The first-order valence-electron chi connectivity index (χ1n) is 6.87. The highest BCUT2D eigenvalue weighted by Gasteiger charge is 2.15. The molecule has 21 heavy (non-hydrogen) atoms. The van der Waals surface area contributed by atoms with Crippen LogP contribution in [0.4, 0.5) is 0 Å². The number of carbonyl (C=O) groups is 1. The first kappa shape index (κ1) is 17.6. The topological polar surface area (TPSA) is 101 Å². The van der Waals surface area contributed by atoms with E-state index >= 15 is 0 Å². The van der Waals surface area contributed by atoms with E-state index in [0.717, 1.165) is 5.56 Å². The second-order valence-electron chi connectivity index (χ2n) is 5.23. The van der Waals surface area contributed by atoms with Gasteiger partial charge >= 0.3 is 0 Å². The smallest absolute Gasteiger partial charge is 0.240 e. The molecule has 0 fully saturated rings. The molecule has 0 bridgehead atoms. The summed E-state index contributed by atoms with van der Waals surface area (Å²) in [6, 6.07) is 6.27. The van der Waals surface area contributed by atoms with Crippen molar-refractivity contribution in [2.75, 3.05) is 6.54 Å². The first-order chi connectivity index (χ1) is 9.72. The molecule has 118 valence electrons. The largest absolute Gasteiger partial charge is 0.354 e. The first-order valence-corrected chi connectivity index (χ1v) is 8.35. The van der Waals surface area contributed by atoms with Gasteiger partial charge in [-0.15, -0.1) is 0 Å². The van der Waals surface area contributed by atoms with Crippen molar-refractivity contribution in [2.45, 2.75) is 44.2 Å². The fourth-order valence-electron chi connectivity index (χ4n) is 1.74. The van der Waals surface area contributed by atoms with Crippen molar-refractivity contribution in [3.8, 4) is 0 Å². The van der Waals surface area contributed by atoms with E-state index in [4.69, 9.17) is 5.73 Å². The van der Waals surface area contributed by atoms with E-state index in [-0.39, 0.29) is 35.9 Å². The molecule has 1 aromatic carbocycles. The van der Waals surface area contributed by atoms with Gasteiger partial charge in [0.05, 0.1) is 4.90 Å². The molecule has 1 rings (SSSR count). The molecule has 0 saturated carbocycles. The number of rotatable bonds is 7. The maximum atomic E-state index is 12.1. The van der Waals surface area contributed by atoms with Crippen LogP contribution in [0.5, 0.6) is 0 Å². The van der Waals surface area contributed by atoms with E-state index in [2.05, 4.69) is 10.0 Å². The predicted molar refractivity (Wildman–Crippen MR) is 82.1 cm³/mol.